The van der Waals surface area contributed by atoms with E-state index in [9.17, 15) is 23.7 Å². The van der Waals surface area contributed by atoms with Gasteiger partial charge < -0.3 is 4.74 Å². The zero-order valence-electron chi connectivity index (χ0n) is 13.0. The lowest BCUT2D eigenvalue weighted by molar-refractivity contribution is -0.384. The predicted molar refractivity (Wildman–Crippen MR) is 85.8 cm³/mol. The zero-order valence-corrected chi connectivity index (χ0v) is 13.0. The number of hydrazone groups is 1. The van der Waals surface area contributed by atoms with Crippen molar-refractivity contribution in [2.75, 3.05) is 0 Å². The van der Waals surface area contributed by atoms with E-state index in [2.05, 4.69) is 15.3 Å². The van der Waals surface area contributed by atoms with Crippen LogP contribution in [0.15, 0.2) is 53.6 Å². The van der Waals surface area contributed by atoms with Crippen LogP contribution in [0, 0.1) is 10.1 Å². The van der Waals surface area contributed by atoms with Crippen LogP contribution in [0.1, 0.15) is 22.8 Å². The number of nitro benzene ring substituents is 1. The number of nitrogens with one attached hydrogen (secondary N) is 1. The van der Waals surface area contributed by atoms with Gasteiger partial charge in [-0.25, -0.2) is 5.43 Å². The Bertz CT molecular complexity index is 825. The number of amides is 1. The van der Waals surface area contributed by atoms with Crippen molar-refractivity contribution >= 4 is 17.3 Å². The molecule has 0 aliphatic rings. The van der Waals surface area contributed by atoms with E-state index >= 15 is 0 Å². The average Bonchev–Trinajstić information content (AvgIpc) is 2.59. The largest absolute Gasteiger partial charge is 0.434 e. The second-order valence-corrected chi connectivity index (χ2v) is 4.82. The van der Waals surface area contributed by atoms with E-state index in [0.717, 1.165) is 6.07 Å². The molecule has 1 amide bonds. The third-order valence-electron chi connectivity index (χ3n) is 3.14. The number of rotatable bonds is 6. The summed E-state index contributed by atoms with van der Waals surface area (Å²) in [6.45, 7) is -1.49. The van der Waals surface area contributed by atoms with E-state index in [-0.39, 0.29) is 28.3 Å². The Morgan fingerprint density at radius 2 is 1.96 bits per heavy atom. The number of hydrogen-bond donors (Lipinski definition) is 1. The maximum absolute atomic E-state index is 12.4. The Kier molecular flexibility index (Phi) is 5.72. The van der Waals surface area contributed by atoms with Gasteiger partial charge in [-0.2, -0.15) is 13.9 Å². The lowest BCUT2D eigenvalue weighted by atomic mass is 10.1. The molecule has 0 radical (unpaired) electrons. The van der Waals surface area contributed by atoms with Gasteiger partial charge in [0.15, 0.2) is 0 Å². The number of halogens is 2. The maximum Gasteiger partial charge on any atom is 0.387 e. The first kappa shape index (κ1) is 18.0. The molecule has 2 aromatic carbocycles. The van der Waals surface area contributed by atoms with Crippen molar-refractivity contribution in [2.45, 2.75) is 13.5 Å². The van der Waals surface area contributed by atoms with Gasteiger partial charge in [0, 0.05) is 23.3 Å². The number of para-hydroxylation sites is 1. The molecule has 2 aromatic rings. The molecule has 25 heavy (non-hydrogen) atoms. The van der Waals surface area contributed by atoms with Crippen LogP contribution in [0.4, 0.5) is 14.5 Å². The van der Waals surface area contributed by atoms with Crippen LogP contribution in [0.3, 0.4) is 0 Å². The Labute approximate surface area is 141 Å². The summed E-state index contributed by atoms with van der Waals surface area (Å²) in [7, 11) is 0. The van der Waals surface area contributed by atoms with E-state index in [1.807, 2.05) is 0 Å². The molecule has 0 atom stereocenters. The molecule has 0 bridgehead atoms. The smallest absolute Gasteiger partial charge is 0.387 e. The summed E-state index contributed by atoms with van der Waals surface area (Å²) in [6.07, 6.45) is 0. The number of ether oxygens (including phenoxy) is 1. The summed E-state index contributed by atoms with van der Waals surface area (Å²) < 4.78 is 29.2. The summed E-state index contributed by atoms with van der Waals surface area (Å²) in [5.41, 5.74) is 2.55. The van der Waals surface area contributed by atoms with Gasteiger partial charge in [-0.15, -0.1) is 0 Å². The van der Waals surface area contributed by atoms with Gasteiger partial charge >= 0.3 is 6.61 Å². The Morgan fingerprint density at radius 3 is 2.64 bits per heavy atom. The molecule has 7 nitrogen and oxygen atoms in total. The fourth-order valence-corrected chi connectivity index (χ4v) is 1.98. The van der Waals surface area contributed by atoms with Gasteiger partial charge in [-0.3, -0.25) is 14.9 Å². The van der Waals surface area contributed by atoms with Crippen LogP contribution in [0.25, 0.3) is 0 Å². The number of nitrogens with zero attached hydrogens (tertiary/aromatic N) is 2. The van der Waals surface area contributed by atoms with Crippen LogP contribution < -0.4 is 10.2 Å². The monoisotopic (exact) mass is 349 g/mol. The molecule has 1 N–H and O–H groups in total. The van der Waals surface area contributed by atoms with Crippen LogP contribution in [0.2, 0.25) is 0 Å². The average molecular weight is 349 g/mol. The van der Waals surface area contributed by atoms with Crippen molar-refractivity contribution < 1.29 is 23.2 Å². The van der Waals surface area contributed by atoms with Crippen molar-refractivity contribution in [1.29, 1.82) is 0 Å². The number of hydrogen-bond acceptors (Lipinski definition) is 5. The molecular weight excluding hydrogens is 336 g/mol. The van der Waals surface area contributed by atoms with E-state index in [4.69, 9.17) is 0 Å². The summed E-state index contributed by atoms with van der Waals surface area (Å²) in [5.74, 6) is -0.751. The first-order valence-corrected chi connectivity index (χ1v) is 7.02. The molecular formula is C16H13F2N3O4. The van der Waals surface area contributed by atoms with Crippen LogP contribution >= 0.6 is 0 Å². The van der Waals surface area contributed by atoms with Gasteiger partial charge in [-0.1, -0.05) is 18.2 Å². The minimum Gasteiger partial charge on any atom is -0.434 e. The molecule has 0 saturated heterocycles. The molecule has 0 heterocycles. The lowest BCUT2D eigenvalue weighted by Crippen LogP contribution is -2.19. The first-order valence-electron chi connectivity index (χ1n) is 7.02. The molecule has 0 aliphatic heterocycles. The topological polar surface area (TPSA) is 93.8 Å². The van der Waals surface area contributed by atoms with E-state index < -0.39 is 17.4 Å². The normalized spacial score (nSPS) is 11.3. The number of carbonyl (C=O) groups is 1. The standard InChI is InChI=1S/C16H13F2N3O4/c1-10(13-7-2-3-8-14(13)25-16(17)18)19-20-15(22)11-5-4-6-12(9-11)21(23)24/h2-9,16H,1H3,(H,20,22)/b19-10-. The number of carbonyl (C=O) groups excluding carboxylic acids is 1. The van der Waals surface area contributed by atoms with Gasteiger partial charge in [0.25, 0.3) is 11.6 Å². The molecule has 2 rings (SSSR count). The first-order chi connectivity index (χ1) is 11.9. The number of nitro groups is 1. The highest BCUT2D eigenvalue weighted by molar-refractivity contribution is 6.02. The molecule has 0 aromatic heterocycles. The third kappa shape index (κ3) is 4.80. The summed E-state index contributed by atoms with van der Waals surface area (Å²) in [5, 5.41) is 14.6. The molecule has 9 heteroatoms. The molecule has 0 spiro atoms. The van der Waals surface area contributed by atoms with Crippen molar-refractivity contribution in [1.82, 2.24) is 5.43 Å². The zero-order chi connectivity index (χ0) is 18.4. The number of alkyl halides is 2. The van der Waals surface area contributed by atoms with Crippen LogP contribution in [0.5, 0.6) is 5.75 Å². The molecule has 0 unspecified atom stereocenters. The lowest BCUT2D eigenvalue weighted by Gasteiger charge is -2.10. The van der Waals surface area contributed by atoms with Crippen LogP contribution in [-0.2, 0) is 0 Å². The molecule has 130 valence electrons. The highest BCUT2D eigenvalue weighted by atomic mass is 19.3. The minimum atomic E-state index is -2.99. The van der Waals surface area contributed by atoms with E-state index in [1.165, 1.54) is 43.3 Å². The number of non-ortho nitro benzene ring substituents is 1. The number of benzene rings is 2. The fraction of sp³-hybridized carbons (Fsp3) is 0.125. The van der Waals surface area contributed by atoms with Crippen molar-refractivity contribution in [3.8, 4) is 5.75 Å². The van der Waals surface area contributed by atoms with E-state index in [0.29, 0.717) is 0 Å². The Morgan fingerprint density at radius 1 is 1.24 bits per heavy atom. The SMILES string of the molecule is C/C(=N/NC(=O)c1cccc([N+](=O)[O-])c1)c1ccccc1OC(F)F. The summed E-state index contributed by atoms with van der Waals surface area (Å²) >= 11 is 0. The molecule has 0 fully saturated rings. The van der Waals surface area contributed by atoms with Gasteiger partial charge in [0.2, 0.25) is 0 Å². The second-order valence-electron chi connectivity index (χ2n) is 4.82. The predicted octanol–water partition coefficient (Wildman–Crippen LogP) is 3.35. The van der Waals surface area contributed by atoms with Gasteiger partial charge in [-0.05, 0) is 25.1 Å². The summed E-state index contributed by atoms with van der Waals surface area (Å²) in [6, 6.07) is 11.1. The maximum atomic E-state index is 12.4. The van der Waals surface area contributed by atoms with Crippen molar-refractivity contribution in [3.05, 3.63) is 69.8 Å². The fourth-order valence-electron chi connectivity index (χ4n) is 1.98. The van der Waals surface area contributed by atoms with E-state index in [1.54, 1.807) is 6.07 Å². The van der Waals surface area contributed by atoms with Crippen LogP contribution in [-0.4, -0.2) is 23.2 Å². The Hall–Kier alpha value is -3.36. The van der Waals surface area contributed by atoms with Crippen molar-refractivity contribution in [3.63, 3.8) is 0 Å². The minimum absolute atomic E-state index is 0.0443. The quantitative estimate of drug-likeness (QED) is 0.492. The third-order valence-corrected chi connectivity index (χ3v) is 3.14. The highest BCUT2D eigenvalue weighted by Crippen LogP contribution is 2.21. The second kappa shape index (κ2) is 7.95. The Balaban J connectivity index is 2.17. The molecule has 0 saturated carbocycles. The van der Waals surface area contributed by atoms with Gasteiger partial charge in [0.05, 0.1) is 10.6 Å². The molecule has 0 aliphatic carbocycles. The van der Waals surface area contributed by atoms with Gasteiger partial charge in [0.1, 0.15) is 5.75 Å². The summed E-state index contributed by atoms with van der Waals surface area (Å²) in [4.78, 5) is 22.1. The highest BCUT2D eigenvalue weighted by Gasteiger charge is 2.13. The van der Waals surface area contributed by atoms with Crippen molar-refractivity contribution in [2.24, 2.45) is 5.10 Å².